The molecular formula is C20H22F3N3O3. The lowest BCUT2D eigenvalue weighted by atomic mass is 10.1. The molecule has 0 radical (unpaired) electrons. The molecule has 1 fully saturated rings. The van der Waals surface area contributed by atoms with Gasteiger partial charge in [0.25, 0.3) is 0 Å². The van der Waals surface area contributed by atoms with Gasteiger partial charge in [-0.05, 0) is 18.2 Å². The van der Waals surface area contributed by atoms with Crippen LogP contribution in [0.3, 0.4) is 0 Å². The zero-order chi connectivity index (χ0) is 21.0. The van der Waals surface area contributed by atoms with Gasteiger partial charge in [-0.1, -0.05) is 6.07 Å². The number of methoxy groups -OCH3 is 2. The number of rotatable bonds is 5. The highest BCUT2D eigenvalue weighted by atomic mass is 19.4. The van der Waals surface area contributed by atoms with Crippen molar-refractivity contribution in [1.29, 1.82) is 0 Å². The fraction of sp³-hybridized carbons (Fsp3) is 0.400. The van der Waals surface area contributed by atoms with Crippen LogP contribution in [0.5, 0.6) is 11.5 Å². The number of piperazine rings is 1. The van der Waals surface area contributed by atoms with Crippen molar-refractivity contribution in [2.45, 2.75) is 12.6 Å². The fourth-order valence-electron chi connectivity index (χ4n) is 3.20. The van der Waals surface area contributed by atoms with Crippen LogP contribution in [0.2, 0.25) is 0 Å². The Bertz CT molecular complexity index is 848. The highest BCUT2D eigenvalue weighted by molar-refractivity contribution is 5.80. The summed E-state index contributed by atoms with van der Waals surface area (Å²) in [5.41, 5.74) is -0.00589. The molecule has 29 heavy (non-hydrogen) atoms. The van der Waals surface area contributed by atoms with Crippen molar-refractivity contribution in [3.63, 3.8) is 0 Å². The number of halogens is 3. The monoisotopic (exact) mass is 409 g/mol. The van der Waals surface area contributed by atoms with Gasteiger partial charge in [0, 0.05) is 44.0 Å². The molecule has 0 atom stereocenters. The van der Waals surface area contributed by atoms with E-state index in [1.807, 2.05) is 4.90 Å². The first kappa shape index (κ1) is 20.8. The highest BCUT2D eigenvalue weighted by Gasteiger charge is 2.31. The quantitative estimate of drug-likeness (QED) is 0.760. The third kappa shape index (κ3) is 4.90. The number of benzene rings is 1. The summed E-state index contributed by atoms with van der Waals surface area (Å²) in [6.07, 6.45) is -3.37. The standard InChI is InChI=1S/C20H22F3N3O3/c1-28-16-5-3-14(17(12-16)29-2)11-19(27)26-9-7-25(8-10-26)18-6-4-15(13-24-18)20(21,22)23/h3-6,12-13H,7-11H2,1-2H3. The van der Waals surface area contributed by atoms with Crippen LogP contribution in [0, 0.1) is 0 Å². The second kappa shape index (κ2) is 8.59. The number of alkyl halides is 3. The van der Waals surface area contributed by atoms with Gasteiger partial charge in [0.1, 0.15) is 17.3 Å². The molecule has 1 aromatic heterocycles. The van der Waals surface area contributed by atoms with E-state index in [-0.39, 0.29) is 12.3 Å². The second-order valence-corrected chi connectivity index (χ2v) is 6.63. The Hall–Kier alpha value is -2.97. The van der Waals surface area contributed by atoms with Gasteiger partial charge >= 0.3 is 6.18 Å². The van der Waals surface area contributed by atoms with Crippen LogP contribution >= 0.6 is 0 Å². The number of ether oxygens (including phenoxy) is 2. The topological polar surface area (TPSA) is 54.9 Å². The van der Waals surface area contributed by atoms with Crippen molar-refractivity contribution in [2.75, 3.05) is 45.3 Å². The number of nitrogens with zero attached hydrogens (tertiary/aromatic N) is 3. The van der Waals surface area contributed by atoms with Gasteiger partial charge in [-0.2, -0.15) is 13.2 Å². The predicted octanol–water partition coefficient (Wildman–Crippen LogP) is 3.01. The first-order valence-electron chi connectivity index (χ1n) is 9.08. The molecule has 156 valence electrons. The smallest absolute Gasteiger partial charge is 0.417 e. The molecule has 1 saturated heterocycles. The molecule has 0 unspecified atom stereocenters. The van der Waals surface area contributed by atoms with Crippen LogP contribution in [0.25, 0.3) is 0 Å². The van der Waals surface area contributed by atoms with Gasteiger partial charge < -0.3 is 19.3 Å². The second-order valence-electron chi connectivity index (χ2n) is 6.63. The minimum absolute atomic E-state index is 0.0338. The molecule has 2 aromatic rings. The van der Waals surface area contributed by atoms with E-state index >= 15 is 0 Å². The Labute approximate surface area is 166 Å². The van der Waals surface area contributed by atoms with Crippen molar-refractivity contribution in [3.8, 4) is 11.5 Å². The minimum Gasteiger partial charge on any atom is -0.497 e. The summed E-state index contributed by atoms with van der Waals surface area (Å²) >= 11 is 0. The summed E-state index contributed by atoms with van der Waals surface area (Å²) < 4.78 is 48.5. The predicted molar refractivity (Wildman–Crippen MR) is 101 cm³/mol. The molecule has 9 heteroatoms. The summed E-state index contributed by atoms with van der Waals surface area (Å²) in [5.74, 6) is 1.68. The Morgan fingerprint density at radius 3 is 2.34 bits per heavy atom. The third-order valence-electron chi connectivity index (χ3n) is 4.87. The van der Waals surface area contributed by atoms with Crippen molar-refractivity contribution in [3.05, 3.63) is 47.7 Å². The van der Waals surface area contributed by atoms with Crippen LogP contribution < -0.4 is 14.4 Å². The normalized spacial score (nSPS) is 14.7. The lowest BCUT2D eigenvalue weighted by Gasteiger charge is -2.35. The molecule has 0 bridgehead atoms. The summed E-state index contributed by atoms with van der Waals surface area (Å²) in [4.78, 5) is 20.2. The van der Waals surface area contributed by atoms with E-state index in [2.05, 4.69) is 4.98 Å². The molecular weight excluding hydrogens is 387 g/mol. The number of aromatic nitrogens is 1. The highest BCUT2D eigenvalue weighted by Crippen LogP contribution is 2.29. The molecule has 0 saturated carbocycles. The molecule has 2 heterocycles. The number of carbonyl (C=O) groups excluding carboxylic acids is 1. The SMILES string of the molecule is COc1ccc(CC(=O)N2CCN(c3ccc(C(F)(F)F)cn3)CC2)c(OC)c1. The number of carbonyl (C=O) groups is 1. The maximum atomic E-state index is 12.7. The molecule has 1 aliphatic heterocycles. The number of anilines is 1. The minimum atomic E-state index is -4.40. The molecule has 1 amide bonds. The van der Waals surface area contributed by atoms with Gasteiger partial charge in [-0.25, -0.2) is 4.98 Å². The molecule has 0 spiro atoms. The number of amides is 1. The van der Waals surface area contributed by atoms with Crippen molar-refractivity contribution in [2.24, 2.45) is 0 Å². The lowest BCUT2D eigenvalue weighted by molar-refractivity contribution is -0.137. The first-order valence-corrected chi connectivity index (χ1v) is 9.08. The van der Waals surface area contributed by atoms with E-state index in [0.717, 1.165) is 17.8 Å². The van der Waals surface area contributed by atoms with E-state index in [1.54, 1.807) is 37.3 Å². The first-order chi connectivity index (χ1) is 13.8. The lowest BCUT2D eigenvalue weighted by Crippen LogP contribution is -2.49. The Balaban J connectivity index is 1.58. The van der Waals surface area contributed by atoms with Crippen LogP contribution in [-0.2, 0) is 17.4 Å². The third-order valence-corrected chi connectivity index (χ3v) is 4.87. The maximum absolute atomic E-state index is 12.7. The van der Waals surface area contributed by atoms with Gasteiger partial charge in [0.05, 0.1) is 26.2 Å². The molecule has 6 nitrogen and oxygen atoms in total. The van der Waals surface area contributed by atoms with Crippen LogP contribution in [-0.4, -0.2) is 56.2 Å². The van der Waals surface area contributed by atoms with E-state index < -0.39 is 11.7 Å². The summed E-state index contributed by atoms with van der Waals surface area (Å²) in [5, 5.41) is 0. The van der Waals surface area contributed by atoms with Crippen molar-refractivity contribution in [1.82, 2.24) is 9.88 Å². The Kier molecular flexibility index (Phi) is 6.14. The van der Waals surface area contributed by atoms with Gasteiger partial charge in [0.15, 0.2) is 0 Å². The van der Waals surface area contributed by atoms with Gasteiger partial charge in [-0.3, -0.25) is 4.79 Å². The van der Waals surface area contributed by atoms with Crippen molar-refractivity contribution < 1.29 is 27.4 Å². The summed E-state index contributed by atoms with van der Waals surface area (Å²) in [6.45, 7) is 1.95. The van der Waals surface area contributed by atoms with E-state index in [9.17, 15) is 18.0 Å². The number of pyridine rings is 1. The van der Waals surface area contributed by atoms with E-state index in [4.69, 9.17) is 9.47 Å². The zero-order valence-corrected chi connectivity index (χ0v) is 16.2. The Morgan fingerprint density at radius 1 is 1.07 bits per heavy atom. The summed E-state index contributed by atoms with van der Waals surface area (Å²) in [7, 11) is 3.10. The average Bonchev–Trinajstić information content (AvgIpc) is 2.73. The zero-order valence-electron chi connectivity index (χ0n) is 16.2. The Morgan fingerprint density at radius 2 is 1.79 bits per heavy atom. The fourth-order valence-corrected chi connectivity index (χ4v) is 3.20. The van der Waals surface area contributed by atoms with Crippen LogP contribution in [0.15, 0.2) is 36.5 Å². The molecule has 0 N–H and O–H groups in total. The van der Waals surface area contributed by atoms with E-state index in [0.29, 0.717) is 43.5 Å². The molecule has 0 aliphatic carbocycles. The van der Waals surface area contributed by atoms with E-state index in [1.165, 1.54) is 6.07 Å². The molecule has 1 aliphatic rings. The largest absolute Gasteiger partial charge is 0.497 e. The van der Waals surface area contributed by atoms with Gasteiger partial charge in [-0.15, -0.1) is 0 Å². The van der Waals surface area contributed by atoms with Crippen LogP contribution in [0.4, 0.5) is 19.0 Å². The van der Waals surface area contributed by atoms with Crippen LogP contribution in [0.1, 0.15) is 11.1 Å². The number of hydrogen-bond donors (Lipinski definition) is 0. The average molecular weight is 409 g/mol. The molecule has 1 aromatic carbocycles. The van der Waals surface area contributed by atoms with Gasteiger partial charge in [0.2, 0.25) is 5.91 Å². The maximum Gasteiger partial charge on any atom is 0.417 e. The van der Waals surface area contributed by atoms with Crippen molar-refractivity contribution >= 4 is 11.7 Å². The molecule has 3 rings (SSSR count). The number of hydrogen-bond acceptors (Lipinski definition) is 5. The summed E-state index contributed by atoms with van der Waals surface area (Å²) in [6, 6.07) is 7.70.